The van der Waals surface area contributed by atoms with E-state index < -0.39 is 0 Å². The molecular weight excluding hydrogens is 328 g/mol. The molecule has 6 heteroatoms. The zero-order chi connectivity index (χ0) is 19.1. The van der Waals surface area contributed by atoms with Gasteiger partial charge >= 0.3 is 0 Å². The number of H-pyrrole nitrogens is 1. The minimum atomic E-state index is -0.124. The van der Waals surface area contributed by atoms with E-state index in [1.807, 2.05) is 25.2 Å². The summed E-state index contributed by atoms with van der Waals surface area (Å²) in [6, 6.07) is 6.10. The fourth-order valence-corrected chi connectivity index (χ4v) is 3.04. The van der Waals surface area contributed by atoms with Gasteiger partial charge in [-0.05, 0) is 29.9 Å². The summed E-state index contributed by atoms with van der Waals surface area (Å²) < 4.78 is 0. The van der Waals surface area contributed by atoms with E-state index >= 15 is 0 Å². The molecule has 0 radical (unpaired) electrons. The Labute approximate surface area is 154 Å². The fraction of sp³-hybridized carbons (Fsp3) is 0.500. The summed E-state index contributed by atoms with van der Waals surface area (Å²) in [6.45, 7) is 6.69. The van der Waals surface area contributed by atoms with E-state index in [9.17, 15) is 9.59 Å². The van der Waals surface area contributed by atoms with E-state index in [0.29, 0.717) is 24.3 Å². The summed E-state index contributed by atoms with van der Waals surface area (Å²) in [7, 11) is 1.82. The van der Waals surface area contributed by atoms with Crippen molar-refractivity contribution in [2.75, 3.05) is 12.8 Å². The summed E-state index contributed by atoms with van der Waals surface area (Å²) in [5, 5.41) is 3.79. The van der Waals surface area contributed by atoms with E-state index in [4.69, 9.17) is 5.73 Å². The van der Waals surface area contributed by atoms with Gasteiger partial charge in [-0.1, -0.05) is 32.9 Å². The Hall–Kier alpha value is -2.50. The fourth-order valence-electron chi connectivity index (χ4n) is 3.04. The second-order valence-electron chi connectivity index (χ2n) is 8.53. The topological polar surface area (TPSA) is 91.2 Å². The normalized spacial score (nSPS) is 14.5. The predicted molar refractivity (Wildman–Crippen MR) is 104 cm³/mol. The van der Waals surface area contributed by atoms with Gasteiger partial charge in [0, 0.05) is 37.0 Å². The molecule has 3 rings (SSSR count). The third kappa shape index (κ3) is 4.18. The highest BCUT2D eigenvalue weighted by Gasteiger charge is 2.26. The van der Waals surface area contributed by atoms with Crippen LogP contribution in [0, 0.1) is 5.41 Å². The van der Waals surface area contributed by atoms with Crippen molar-refractivity contribution in [2.45, 2.75) is 52.6 Å². The van der Waals surface area contributed by atoms with Crippen LogP contribution in [0.4, 0.5) is 5.82 Å². The van der Waals surface area contributed by atoms with Crippen LogP contribution < -0.4 is 11.1 Å². The lowest BCUT2D eigenvalue weighted by molar-refractivity contribution is -0.132. The molecule has 0 atom stereocenters. The van der Waals surface area contributed by atoms with Gasteiger partial charge < -0.3 is 20.9 Å². The largest absolute Gasteiger partial charge is 0.385 e. The Morgan fingerprint density at radius 3 is 2.62 bits per heavy atom. The zero-order valence-corrected chi connectivity index (χ0v) is 16.0. The first-order valence-electron chi connectivity index (χ1n) is 9.09. The maximum absolute atomic E-state index is 12.4. The summed E-state index contributed by atoms with van der Waals surface area (Å²) in [4.78, 5) is 29.6. The Bertz CT molecular complexity index is 843. The number of benzene rings is 1. The molecule has 0 bridgehead atoms. The molecule has 140 valence electrons. The van der Waals surface area contributed by atoms with Crippen molar-refractivity contribution in [1.82, 2.24) is 15.2 Å². The smallest absolute Gasteiger partial charge is 0.255 e. The number of amides is 2. The quantitative estimate of drug-likeness (QED) is 0.769. The van der Waals surface area contributed by atoms with Crippen LogP contribution >= 0.6 is 0 Å². The zero-order valence-electron chi connectivity index (χ0n) is 16.0. The number of aromatic amines is 1. The Morgan fingerprint density at radius 1 is 1.31 bits per heavy atom. The molecule has 1 aliphatic rings. The maximum Gasteiger partial charge on any atom is 0.255 e. The predicted octanol–water partition coefficient (Wildman–Crippen LogP) is 3.04. The van der Waals surface area contributed by atoms with Crippen LogP contribution in [0.3, 0.4) is 0 Å². The SMILES string of the molecule is CN(Cc1ccc2c(C(=O)NC3CC3)c(N)[nH]c2c1)C(=O)CC(C)(C)C. The minimum Gasteiger partial charge on any atom is -0.385 e. The molecule has 26 heavy (non-hydrogen) atoms. The highest BCUT2D eigenvalue weighted by molar-refractivity contribution is 6.11. The molecule has 1 saturated carbocycles. The number of nitrogens with two attached hydrogens (primary N) is 1. The van der Waals surface area contributed by atoms with Crippen LogP contribution in [0.2, 0.25) is 0 Å². The third-order valence-corrected chi connectivity index (χ3v) is 4.56. The molecular formula is C20H28N4O2. The van der Waals surface area contributed by atoms with Gasteiger partial charge in [-0.25, -0.2) is 0 Å². The van der Waals surface area contributed by atoms with Gasteiger partial charge in [-0.2, -0.15) is 0 Å². The van der Waals surface area contributed by atoms with Gasteiger partial charge in [0.15, 0.2) is 0 Å². The number of nitrogen functional groups attached to an aromatic ring is 1. The van der Waals surface area contributed by atoms with Gasteiger partial charge in [0.1, 0.15) is 5.82 Å². The number of hydrogen-bond acceptors (Lipinski definition) is 3. The molecule has 0 unspecified atom stereocenters. The lowest BCUT2D eigenvalue weighted by atomic mass is 9.91. The van der Waals surface area contributed by atoms with E-state index in [2.05, 4.69) is 31.1 Å². The number of hydrogen-bond donors (Lipinski definition) is 3. The van der Waals surface area contributed by atoms with Gasteiger partial charge in [0.25, 0.3) is 5.91 Å². The highest BCUT2D eigenvalue weighted by atomic mass is 16.2. The monoisotopic (exact) mass is 356 g/mol. The van der Waals surface area contributed by atoms with Crippen LogP contribution in [0.25, 0.3) is 10.9 Å². The first-order chi connectivity index (χ1) is 12.1. The minimum absolute atomic E-state index is 0.0347. The van der Waals surface area contributed by atoms with Crippen LogP contribution in [0.15, 0.2) is 18.2 Å². The standard InChI is InChI=1S/C20H28N4O2/c1-20(2,3)10-16(25)24(4)11-12-5-8-14-15(9-12)23-18(21)17(14)19(26)22-13-6-7-13/h5,8-9,13,23H,6-7,10-11,21H2,1-4H3,(H,22,26). The second kappa shape index (κ2) is 6.67. The Balaban J connectivity index is 1.77. The van der Waals surface area contributed by atoms with Gasteiger partial charge in [-0.15, -0.1) is 0 Å². The third-order valence-electron chi connectivity index (χ3n) is 4.56. The number of anilines is 1. The number of fused-ring (bicyclic) bond motifs is 1. The van der Waals surface area contributed by atoms with Crippen LogP contribution in [0.1, 0.15) is 56.0 Å². The van der Waals surface area contributed by atoms with E-state index in [-0.39, 0.29) is 23.3 Å². The number of nitrogens with zero attached hydrogens (tertiary/aromatic N) is 1. The molecule has 2 amide bonds. The van der Waals surface area contributed by atoms with Crippen molar-refractivity contribution in [2.24, 2.45) is 5.41 Å². The van der Waals surface area contributed by atoms with Crippen molar-refractivity contribution in [1.29, 1.82) is 0 Å². The number of aromatic nitrogens is 1. The molecule has 2 aromatic rings. The van der Waals surface area contributed by atoms with Gasteiger partial charge in [0.2, 0.25) is 5.91 Å². The summed E-state index contributed by atoms with van der Waals surface area (Å²) in [6.07, 6.45) is 2.58. The lowest BCUT2D eigenvalue weighted by Gasteiger charge is -2.23. The van der Waals surface area contributed by atoms with E-state index in [1.54, 1.807) is 4.90 Å². The molecule has 4 N–H and O–H groups in total. The van der Waals surface area contributed by atoms with Crippen LogP contribution in [-0.2, 0) is 11.3 Å². The average molecular weight is 356 g/mol. The Kier molecular flexibility index (Phi) is 4.69. The van der Waals surface area contributed by atoms with Crippen molar-refractivity contribution in [3.63, 3.8) is 0 Å². The number of rotatable bonds is 5. The van der Waals surface area contributed by atoms with Crippen LogP contribution in [-0.4, -0.2) is 34.8 Å². The first kappa shape index (κ1) is 18.3. The van der Waals surface area contributed by atoms with Gasteiger partial charge in [-0.3, -0.25) is 9.59 Å². The highest BCUT2D eigenvalue weighted by Crippen LogP contribution is 2.28. The van der Waals surface area contributed by atoms with Crippen LogP contribution in [0.5, 0.6) is 0 Å². The Morgan fingerprint density at radius 2 is 2.00 bits per heavy atom. The molecule has 1 aliphatic carbocycles. The van der Waals surface area contributed by atoms with Crippen molar-refractivity contribution in [3.05, 3.63) is 29.3 Å². The maximum atomic E-state index is 12.4. The van der Waals surface area contributed by atoms with Crippen molar-refractivity contribution >= 4 is 28.5 Å². The molecule has 0 spiro atoms. The molecule has 1 heterocycles. The molecule has 6 nitrogen and oxygen atoms in total. The van der Waals surface area contributed by atoms with Gasteiger partial charge in [0.05, 0.1) is 5.56 Å². The average Bonchev–Trinajstić information content (AvgIpc) is 3.25. The van der Waals surface area contributed by atoms with E-state index in [0.717, 1.165) is 29.3 Å². The van der Waals surface area contributed by atoms with Crippen molar-refractivity contribution < 1.29 is 9.59 Å². The molecule has 1 aromatic heterocycles. The lowest BCUT2D eigenvalue weighted by Crippen LogP contribution is -2.29. The molecule has 0 aliphatic heterocycles. The second-order valence-corrected chi connectivity index (χ2v) is 8.53. The number of carbonyl (C=O) groups is 2. The summed E-state index contributed by atoms with van der Waals surface area (Å²) >= 11 is 0. The summed E-state index contributed by atoms with van der Waals surface area (Å²) in [5.41, 5.74) is 8.33. The molecule has 0 saturated heterocycles. The number of carbonyl (C=O) groups excluding carboxylic acids is 2. The number of nitrogens with one attached hydrogen (secondary N) is 2. The molecule has 1 fully saturated rings. The first-order valence-corrected chi connectivity index (χ1v) is 9.09. The van der Waals surface area contributed by atoms with E-state index in [1.165, 1.54) is 0 Å². The summed E-state index contributed by atoms with van der Waals surface area (Å²) in [5.74, 6) is 0.377. The van der Waals surface area contributed by atoms with Crippen molar-refractivity contribution in [3.8, 4) is 0 Å². The molecule has 1 aromatic carbocycles.